The van der Waals surface area contributed by atoms with Crippen LogP contribution in [0.15, 0.2) is 53.9 Å². The average Bonchev–Trinajstić information content (AvgIpc) is 3.02. The van der Waals surface area contributed by atoms with Gasteiger partial charge < -0.3 is 9.72 Å². The van der Waals surface area contributed by atoms with E-state index in [2.05, 4.69) is 20.5 Å². The van der Waals surface area contributed by atoms with Crippen LogP contribution < -0.4 is 10.2 Å². The highest BCUT2D eigenvalue weighted by atomic mass is 16.5. The molecular formula is C16H14N4O2. The van der Waals surface area contributed by atoms with E-state index in [1.165, 1.54) is 0 Å². The van der Waals surface area contributed by atoms with Gasteiger partial charge in [0, 0.05) is 11.1 Å². The molecule has 0 saturated heterocycles. The SMILES string of the molecule is COc1ccccc1/C=N/NC(=O)c1ccc2nc[nH]c2c1. The van der Waals surface area contributed by atoms with E-state index >= 15 is 0 Å². The number of nitrogens with zero attached hydrogens (tertiary/aromatic N) is 2. The lowest BCUT2D eigenvalue weighted by molar-refractivity contribution is 0.0955. The lowest BCUT2D eigenvalue weighted by atomic mass is 10.2. The Labute approximate surface area is 126 Å². The number of aromatic amines is 1. The van der Waals surface area contributed by atoms with Gasteiger partial charge in [-0.3, -0.25) is 4.79 Å². The molecule has 0 radical (unpaired) electrons. The fourth-order valence-electron chi connectivity index (χ4n) is 2.07. The lowest BCUT2D eigenvalue weighted by Crippen LogP contribution is -2.17. The molecule has 0 atom stereocenters. The van der Waals surface area contributed by atoms with Crippen LogP contribution in [0.25, 0.3) is 11.0 Å². The molecule has 0 aliphatic heterocycles. The molecule has 3 rings (SSSR count). The minimum Gasteiger partial charge on any atom is -0.496 e. The van der Waals surface area contributed by atoms with Crippen molar-refractivity contribution in [2.24, 2.45) is 5.10 Å². The topological polar surface area (TPSA) is 79.4 Å². The van der Waals surface area contributed by atoms with Crippen molar-refractivity contribution in [1.29, 1.82) is 0 Å². The second-order valence-electron chi connectivity index (χ2n) is 4.58. The maximum absolute atomic E-state index is 12.1. The van der Waals surface area contributed by atoms with Crippen molar-refractivity contribution in [1.82, 2.24) is 15.4 Å². The van der Waals surface area contributed by atoms with Crippen LogP contribution in [0.3, 0.4) is 0 Å². The number of para-hydroxylation sites is 1. The molecule has 0 aliphatic rings. The number of amides is 1. The van der Waals surface area contributed by atoms with E-state index in [-0.39, 0.29) is 5.91 Å². The molecule has 0 fully saturated rings. The number of ether oxygens (including phenoxy) is 1. The second-order valence-corrected chi connectivity index (χ2v) is 4.58. The van der Waals surface area contributed by atoms with Crippen LogP contribution in [-0.4, -0.2) is 29.2 Å². The zero-order chi connectivity index (χ0) is 15.4. The minimum atomic E-state index is -0.289. The number of carbonyl (C=O) groups excluding carboxylic acids is 1. The van der Waals surface area contributed by atoms with Crippen molar-refractivity contribution >= 4 is 23.2 Å². The van der Waals surface area contributed by atoms with Crippen molar-refractivity contribution in [3.05, 3.63) is 59.9 Å². The second kappa shape index (κ2) is 6.09. The third kappa shape index (κ3) is 2.80. The Morgan fingerprint density at radius 1 is 1.32 bits per heavy atom. The van der Waals surface area contributed by atoms with Gasteiger partial charge in [-0.2, -0.15) is 5.10 Å². The van der Waals surface area contributed by atoms with Gasteiger partial charge in [0.15, 0.2) is 0 Å². The molecule has 1 heterocycles. The van der Waals surface area contributed by atoms with Crippen molar-refractivity contribution in [2.75, 3.05) is 7.11 Å². The maximum atomic E-state index is 12.1. The number of nitrogens with one attached hydrogen (secondary N) is 2. The predicted octanol–water partition coefficient (Wildman–Crippen LogP) is 2.34. The molecule has 2 aromatic carbocycles. The molecule has 1 amide bonds. The van der Waals surface area contributed by atoms with Crippen LogP contribution in [0.4, 0.5) is 0 Å². The number of methoxy groups -OCH3 is 1. The van der Waals surface area contributed by atoms with Crippen LogP contribution in [0.5, 0.6) is 5.75 Å². The molecule has 2 N–H and O–H groups in total. The normalized spacial score (nSPS) is 11.0. The van der Waals surface area contributed by atoms with Gasteiger partial charge >= 0.3 is 0 Å². The minimum absolute atomic E-state index is 0.289. The van der Waals surface area contributed by atoms with Gasteiger partial charge in [0.1, 0.15) is 5.75 Å². The van der Waals surface area contributed by atoms with Gasteiger partial charge in [-0.25, -0.2) is 10.4 Å². The van der Waals surface area contributed by atoms with Crippen molar-refractivity contribution in [2.45, 2.75) is 0 Å². The Bertz CT molecular complexity index is 839. The Balaban J connectivity index is 1.72. The highest BCUT2D eigenvalue weighted by Crippen LogP contribution is 2.14. The van der Waals surface area contributed by atoms with Gasteiger partial charge in [-0.1, -0.05) is 12.1 Å². The Morgan fingerprint density at radius 2 is 2.18 bits per heavy atom. The first kappa shape index (κ1) is 13.8. The summed E-state index contributed by atoms with van der Waals surface area (Å²) in [7, 11) is 1.59. The summed E-state index contributed by atoms with van der Waals surface area (Å²) in [6, 6.07) is 12.6. The van der Waals surface area contributed by atoms with Crippen molar-refractivity contribution in [3.8, 4) is 5.75 Å². The molecule has 110 valence electrons. The van der Waals surface area contributed by atoms with Crippen LogP contribution in [0.2, 0.25) is 0 Å². The number of hydrogen-bond acceptors (Lipinski definition) is 4. The summed E-state index contributed by atoms with van der Waals surface area (Å²) in [5.74, 6) is 0.405. The van der Waals surface area contributed by atoms with Crippen molar-refractivity contribution < 1.29 is 9.53 Å². The van der Waals surface area contributed by atoms with Gasteiger partial charge in [0.05, 0.1) is 30.7 Å². The fourth-order valence-corrected chi connectivity index (χ4v) is 2.07. The number of carbonyl (C=O) groups is 1. The molecule has 22 heavy (non-hydrogen) atoms. The van der Waals surface area contributed by atoms with Crippen LogP contribution in [-0.2, 0) is 0 Å². The van der Waals surface area contributed by atoms with Gasteiger partial charge in [-0.05, 0) is 30.3 Å². The first-order valence-corrected chi connectivity index (χ1v) is 6.67. The third-order valence-electron chi connectivity index (χ3n) is 3.19. The van der Waals surface area contributed by atoms with E-state index in [1.807, 2.05) is 24.3 Å². The summed E-state index contributed by atoms with van der Waals surface area (Å²) in [6.07, 6.45) is 3.14. The fraction of sp³-hybridized carbons (Fsp3) is 0.0625. The highest BCUT2D eigenvalue weighted by Gasteiger charge is 2.06. The number of imidazole rings is 1. The standard InChI is InChI=1S/C16H14N4O2/c1-22-15-5-3-2-4-12(15)9-19-20-16(21)11-6-7-13-14(8-11)18-10-17-13/h2-10H,1H3,(H,17,18)(H,20,21)/b19-9+. The van der Waals surface area contributed by atoms with E-state index in [9.17, 15) is 4.79 Å². The van der Waals surface area contributed by atoms with Crippen LogP contribution in [0, 0.1) is 0 Å². The summed E-state index contributed by atoms with van der Waals surface area (Å²) in [5.41, 5.74) is 5.41. The van der Waals surface area contributed by atoms with Gasteiger partial charge in [0.25, 0.3) is 5.91 Å². The molecule has 1 aromatic heterocycles. The number of H-pyrrole nitrogens is 1. The summed E-state index contributed by atoms with van der Waals surface area (Å²) in [5, 5.41) is 3.96. The predicted molar refractivity (Wildman–Crippen MR) is 84.1 cm³/mol. The summed E-state index contributed by atoms with van der Waals surface area (Å²) in [6.45, 7) is 0. The molecule has 0 saturated carbocycles. The molecule has 0 spiro atoms. The smallest absolute Gasteiger partial charge is 0.271 e. The Hall–Kier alpha value is -3.15. The third-order valence-corrected chi connectivity index (χ3v) is 3.19. The maximum Gasteiger partial charge on any atom is 0.271 e. The molecule has 0 bridgehead atoms. The Kier molecular flexibility index (Phi) is 3.82. The highest BCUT2D eigenvalue weighted by molar-refractivity contribution is 5.97. The van der Waals surface area contributed by atoms with E-state index in [1.54, 1.807) is 37.9 Å². The van der Waals surface area contributed by atoms with E-state index in [4.69, 9.17) is 4.74 Å². The lowest BCUT2D eigenvalue weighted by Gasteiger charge is -2.03. The Morgan fingerprint density at radius 3 is 3.05 bits per heavy atom. The zero-order valence-corrected chi connectivity index (χ0v) is 11.9. The zero-order valence-electron chi connectivity index (χ0n) is 11.9. The monoisotopic (exact) mass is 294 g/mol. The van der Waals surface area contributed by atoms with Gasteiger partial charge in [0.2, 0.25) is 0 Å². The molecule has 0 aliphatic carbocycles. The molecule has 6 heteroatoms. The van der Waals surface area contributed by atoms with Crippen LogP contribution >= 0.6 is 0 Å². The molecule has 0 unspecified atom stereocenters. The summed E-state index contributed by atoms with van der Waals surface area (Å²) in [4.78, 5) is 19.1. The number of benzene rings is 2. The van der Waals surface area contributed by atoms with Gasteiger partial charge in [-0.15, -0.1) is 0 Å². The number of hydrogen-bond donors (Lipinski definition) is 2. The van der Waals surface area contributed by atoms with E-state index in [0.717, 1.165) is 16.6 Å². The number of hydrazone groups is 1. The number of aromatic nitrogens is 2. The largest absolute Gasteiger partial charge is 0.496 e. The number of rotatable bonds is 4. The van der Waals surface area contributed by atoms with E-state index < -0.39 is 0 Å². The first-order valence-electron chi connectivity index (χ1n) is 6.67. The summed E-state index contributed by atoms with van der Waals surface area (Å²) < 4.78 is 5.21. The quantitative estimate of drug-likeness (QED) is 0.572. The molecular weight excluding hydrogens is 280 g/mol. The van der Waals surface area contributed by atoms with E-state index in [0.29, 0.717) is 11.3 Å². The molecule has 6 nitrogen and oxygen atoms in total. The average molecular weight is 294 g/mol. The van der Waals surface area contributed by atoms with Crippen molar-refractivity contribution in [3.63, 3.8) is 0 Å². The van der Waals surface area contributed by atoms with Crippen LogP contribution in [0.1, 0.15) is 15.9 Å². The molecule has 3 aromatic rings. The summed E-state index contributed by atoms with van der Waals surface area (Å²) >= 11 is 0. The number of fused-ring (bicyclic) bond motifs is 1. The first-order chi connectivity index (χ1) is 10.8.